The van der Waals surface area contributed by atoms with Crippen LogP contribution in [0.4, 0.5) is 0 Å². The van der Waals surface area contributed by atoms with E-state index in [0.29, 0.717) is 17.2 Å². The molecule has 106 valence electrons. The highest BCUT2D eigenvalue weighted by Crippen LogP contribution is 2.26. The Hall–Kier alpha value is -1.95. The lowest BCUT2D eigenvalue weighted by Crippen LogP contribution is -2.14. The first kappa shape index (κ1) is 14.5. The zero-order valence-electron chi connectivity index (χ0n) is 12.0. The fourth-order valence-corrected chi connectivity index (χ4v) is 2.19. The van der Waals surface area contributed by atoms with Crippen LogP contribution in [0, 0.1) is 13.8 Å². The predicted octanol–water partition coefficient (Wildman–Crippen LogP) is 2.90. The zero-order valence-corrected chi connectivity index (χ0v) is 12.9. The Morgan fingerprint density at radius 2 is 2.10 bits per heavy atom. The molecular formula is C14H18N4OS. The van der Waals surface area contributed by atoms with Crippen molar-refractivity contribution in [3.05, 3.63) is 35.3 Å². The lowest BCUT2D eigenvalue weighted by atomic mass is 10.1. The summed E-state index contributed by atoms with van der Waals surface area (Å²) >= 11 is 5.08. The van der Waals surface area contributed by atoms with Crippen molar-refractivity contribution < 1.29 is 4.74 Å². The number of ether oxygens (including phenoxy) is 1. The largest absolute Gasteiger partial charge is 0.435 e. The smallest absolute Gasteiger partial charge is 0.230 e. The van der Waals surface area contributed by atoms with Crippen LogP contribution in [0.2, 0.25) is 0 Å². The van der Waals surface area contributed by atoms with Crippen molar-refractivity contribution in [1.82, 2.24) is 14.8 Å². The molecule has 2 rings (SSSR count). The van der Waals surface area contributed by atoms with E-state index >= 15 is 0 Å². The van der Waals surface area contributed by atoms with Gasteiger partial charge >= 0.3 is 0 Å². The van der Waals surface area contributed by atoms with Crippen LogP contribution in [0.25, 0.3) is 0 Å². The fraction of sp³-hybridized carbons (Fsp3) is 0.357. The van der Waals surface area contributed by atoms with E-state index < -0.39 is 0 Å². The summed E-state index contributed by atoms with van der Waals surface area (Å²) in [5, 5.41) is 4.23. The van der Waals surface area contributed by atoms with Crippen LogP contribution in [0.5, 0.6) is 11.6 Å². The van der Waals surface area contributed by atoms with Gasteiger partial charge in [-0.2, -0.15) is 5.10 Å². The highest BCUT2D eigenvalue weighted by molar-refractivity contribution is 7.80. The number of hydrogen-bond donors (Lipinski definition) is 1. The molecule has 2 aromatic rings. The minimum absolute atomic E-state index is 0.273. The maximum Gasteiger partial charge on any atom is 0.230 e. The average Bonchev–Trinajstić information content (AvgIpc) is 2.75. The highest BCUT2D eigenvalue weighted by Gasteiger charge is 2.14. The molecule has 0 saturated heterocycles. The Kier molecular flexibility index (Phi) is 4.04. The highest BCUT2D eigenvalue weighted by atomic mass is 32.1. The second-order valence-corrected chi connectivity index (χ2v) is 5.42. The van der Waals surface area contributed by atoms with E-state index in [9.17, 15) is 0 Å². The van der Waals surface area contributed by atoms with Gasteiger partial charge in [0, 0.05) is 11.7 Å². The summed E-state index contributed by atoms with van der Waals surface area (Å²) < 4.78 is 7.62. The third kappa shape index (κ3) is 2.96. The third-order valence-corrected chi connectivity index (χ3v) is 3.08. The van der Waals surface area contributed by atoms with Crippen LogP contribution in [0.15, 0.2) is 18.5 Å². The minimum Gasteiger partial charge on any atom is -0.435 e. The van der Waals surface area contributed by atoms with Crippen molar-refractivity contribution in [2.75, 3.05) is 0 Å². The second-order valence-electron chi connectivity index (χ2n) is 4.98. The van der Waals surface area contributed by atoms with E-state index in [4.69, 9.17) is 22.7 Å². The van der Waals surface area contributed by atoms with Crippen LogP contribution in [-0.2, 0) is 0 Å². The molecule has 0 aromatic carbocycles. The quantitative estimate of drug-likeness (QED) is 0.877. The van der Waals surface area contributed by atoms with Crippen molar-refractivity contribution in [3.8, 4) is 11.6 Å². The summed E-state index contributed by atoms with van der Waals surface area (Å²) in [4.78, 5) is 4.66. The molecule has 0 atom stereocenters. The number of aryl methyl sites for hydroxylation is 2. The topological polar surface area (TPSA) is 66.0 Å². The molecule has 0 amide bonds. The Morgan fingerprint density at radius 1 is 1.40 bits per heavy atom. The average molecular weight is 290 g/mol. The monoisotopic (exact) mass is 290 g/mol. The lowest BCUT2D eigenvalue weighted by molar-refractivity contribution is 0.456. The molecule has 2 heterocycles. The van der Waals surface area contributed by atoms with Gasteiger partial charge in [-0.25, -0.2) is 4.98 Å². The number of thiocarbonyl (C=S) groups is 1. The summed E-state index contributed by atoms with van der Waals surface area (Å²) in [7, 11) is 0. The Bertz CT molecular complexity index is 649. The van der Waals surface area contributed by atoms with Gasteiger partial charge in [0.05, 0.1) is 18.0 Å². The molecule has 0 aliphatic rings. The number of nitrogens with two attached hydrogens (primary N) is 1. The van der Waals surface area contributed by atoms with Gasteiger partial charge in [0.25, 0.3) is 0 Å². The Balaban J connectivity index is 2.39. The molecule has 0 bridgehead atoms. The van der Waals surface area contributed by atoms with E-state index in [1.807, 2.05) is 44.6 Å². The first-order valence-corrected chi connectivity index (χ1v) is 6.79. The van der Waals surface area contributed by atoms with Gasteiger partial charge < -0.3 is 10.5 Å². The second kappa shape index (κ2) is 5.58. The molecule has 6 heteroatoms. The maximum absolute atomic E-state index is 5.80. The fourth-order valence-electron chi connectivity index (χ4n) is 1.94. The zero-order chi connectivity index (χ0) is 14.9. The van der Waals surface area contributed by atoms with Crippen molar-refractivity contribution in [2.24, 2.45) is 5.73 Å². The van der Waals surface area contributed by atoms with E-state index in [0.717, 1.165) is 11.3 Å². The molecule has 0 unspecified atom stereocenters. The Morgan fingerprint density at radius 3 is 2.65 bits per heavy atom. The molecule has 0 fully saturated rings. The van der Waals surface area contributed by atoms with Gasteiger partial charge in [-0.1, -0.05) is 12.2 Å². The van der Waals surface area contributed by atoms with Crippen molar-refractivity contribution in [3.63, 3.8) is 0 Å². The summed E-state index contributed by atoms with van der Waals surface area (Å²) in [5.74, 6) is 1.05. The van der Waals surface area contributed by atoms with Crippen LogP contribution < -0.4 is 10.5 Å². The van der Waals surface area contributed by atoms with Gasteiger partial charge in [0.2, 0.25) is 5.88 Å². The molecule has 20 heavy (non-hydrogen) atoms. The van der Waals surface area contributed by atoms with E-state index in [2.05, 4.69) is 10.1 Å². The normalized spacial score (nSPS) is 10.8. The molecule has 0 aliphatic heterocycles. The SMILES string of the molecule is Cc1cc(C)c(C(N)=S)c(Oc2cnn(C(C)C)c2)n1. The van der Waals surface area contributed by atoms with Gasteiger partial charge in [-0.05, 0) is 39.3 Å². The number of aromatic nitrogens is 3. The van der Waals surface area contributed by atoms with Crippen molar-refractivity contribution in [2.45, 2.75) is 33.7 Å². The summed E-state index contributed by atoms with van der Waals surface area (Å²) in [6.45, 7) is 7.94. The van der Waals surface area contributed by atoms with Crippen LogP contribution >= 0.6 is 12.2 Å². The summed E-state index contributed by atoms with van der Waals surface area (Å²) in [5.41, 5.74) is 8.24. The molecule has 0 saturated carbocycles. The first-order valence-electron chi connectivity index (χ1n) is 6.38. The Labute approximate surface area is 123 Å². The number of rotatable bonds is 4. The molecule has 2 aromatic heterocycles. The lowest BCUT2D eigenvalue weighted by Gasteiger charge is -2.11. The molecule has 2 N–H and O–H groups in total. The van der Waals surface area contributed by atoms with Crippen LogP contribution in [0.3, 0.4) is 0 Å². The standard InChI is InChI=1S/C14H18N4OS/c1-8(2)18-7-11(6-16-18)19-14-12(13(15)20)9(3)5-10(4)17-14/h5-8H,1-4H3,(H2,15,20). The first-order chi connectivity index (χ1) is 9.38. The van der Waals surface area contributed by atoms with Gasteiger partial charge in [0.15, 0.2) is 5.75 Å². The van der Waals surface area contributed by atoms with Crippen LogP contribution in [0.1, 0.15) is 36.7 Å². The maximum atomic E-state index is 5.80. The van der Waals surface area contributed by atoms with E-state index in [1.165, 1.54) is 0 Å². The number of hydrogen-bond acceptors (Lipinski definition) is 4. The number of pyridine rings is 1. The van der Waals surface area contributed by atoms with Crippen molar-refractivity contribution >= 4 is 17.2 Å². The summed E-state index contributed by atoms with van der Waals surface area (Å²) in [6, 6.07) is 2.20. The van der Waals surface area contributed by atoms with Gasteiger partial charge in [0.1, 0.15) is 4.99 Å². The van der Waals surface area contributed by atoms with Crippen LogP contribution in [-0.4, -0.2) is 19.8 Å². The number of nitrogens with zero attached hydrogens (tertiary/aromatic N) is 3. The summed E-state index contributed by atoms with van der Waals surface area (Å²) in [6.07, 6.45) is 3.48. The predicted molar refractivity (Wildman–Crippen MR) is 82.3 cm³/mol. The molecular weight excluding hydrogens is 272 g/mol. The van der Waals surface area contributed by atoms with E-state index in [-0.39, 0.29) is 11.0 Å². The molecule has 0 radical (unpaired) electrons. The van der Waals surface area contributed by atoms with Gasteiger partial charge in [-0.15, -0.1) is 0 Å². The van der Waals surface area contributed by atoms with Gasteiger partial charge in [-0.3, -0.25) is 4.68 Å². The molecule has 0 spiro atoms. The van der Waals surface area contributed by atoms with E-state index in [1.54, 1.807) is 6.20 Å². The molecule has 0 aliphatic carbocycles. The van der Waals surface area contributed by atoms with Crippen molar-refractivity contribution in [1.29, 1.82) is 0 Å². The minimum atomic E-state index is 0.273. The third-order valence-electron chi connectivity index (χ3n) is 2.88. The molecule has 5 nitrogen and oxygen atoms in total.